The van der Waals surface area contributed by atoms with Gasteiger partial charge < -0.3 is 10.6 Å². The Balaban J connectivity index is 2.27. The Morgan fingerprint density at radius 1 is 1.25 bits per heavy atom. The van der Waals surface area contributed by atoms with Gasteiger partial charge in [0.25, 0.3) is 0 Å². The van der Waals surface area contributed by atoms with Gasteiger partial charge in [-0.1, -0.05) is 24.6 Å². The van der Waals surface area contributed by atoms with E-state index in [0.29, 0.717) is 5.82 Å². The van der Waals surface area contributed by atoms with Crippen LogP contribution >= 0.6 is 27.5 Å². The van der Waals surface area contributed by atoms with Crippen molar-refractivity contribution in [3.8, 4) is 0 Å². The molecular formula is C14H16BrClN4. The highest BCUT2D eigenvalue weighted by molar-refractivity contribution is 9.10. The lowest BCUT2D eigenvalue weighted by Gasteiger charge is -2.13. The van der Waals surface area contributed by atoms with Gasteiger partial charge in [-0.2, -0.15) is 0 Å². The molecule has 106 valence electrons. The quantitative estimate of drug-likeness (QED) is 0.811. The molecule has 0 aliphatic rings. The Kier molecular flexibility index (Phi) is 5.20. The van der Waals surface area contributed by atoms with Crippen molar-refractivity contribution in [3.05, 3.63) is 39.6 Å². The zero-order chi connectivity index (χ0) is 14.5. The molecule has 4 nitrogen and oxygen atoms in total. The van der Waals surface area contributed by atoms with Crippen LogP contribution in [0, 0.1) is 6.92 Å². The van der Waals surface area contributed by atoms with E-state index in [1.165, 1.54) is 6.33 Å². The first-order chi connectivity index (χ1) is 9.63. The fourth-order valence-corrected chi connectivity index (χ4v) is 2.31. The molecule has 0 saturated carbocycles. The Hall–Kier alpha value is -1.33. The summed E-state index contributed by atoms with van der Waals surface area (Å²) >= 11 is 9.65. The monoisotopic (exact) mass is 354 g/mol. The summed E-state index contributed by atoms with van der Waals surface area (Å²) in [5.41, 5.74) is 1.92. The number of benzene rings is 1. The first kappa shape index (κ1) is 15.1. The maximum atomic E-state index is 6.12. The second-order valence-corrected chi connectivity index (χ2v) is 5.55. The maximum absolute atomic E-state index is 6.12. The lowest BCUT2D eigenvalue weighted by atomic mass is 10.2. The van der Waals surface area contributed by atoms with Gasteiger partial charge in [-0.05, 0) is 47.0 Å². The molecule has 1 aromatic carbocycles. The van der Waals surface area contributed by atoms with Crippen molar-refractivity contribution in [2.45, 2.75) is 20.3 Å². The van der Waals surface area contributed by atoms with Crippen molar-refractivity contribution in [3.63, 3.8) is 0 Å². The van der Waals surface area contributed by atoms with Gasteiger partial charge in [0.1, 0.15) is 22.4 Å². The number of hydrogen-bond acceptors (Lipinski definition) is 4. The topological polar surface area (TPSA) is 49.8 Å². The molecule has 0 bridgehead atoms. The molecule has 0 radical (unpaired) electrons. The molecule has 0 fully saturated rings. The van der Waals surface area contributed by atoms with E-state index >= 15 is 0 Å². The second kappa shape index (κ2) is 6.90. The molecule has 0 atom stereocenters. The zero-order valence-corrected chi connectivity index (χ0v) is 13.7. The van der Waals surface area contributed by atoms with E-state index in [1.54, 1.807) is 0 Å². The number of anilines is 3. The van der Waals surface area contributed by atoms with E-state index < -0.39 is 0 Å². The minimum absolute atomic E-state index is 0.712. The fourth-order valence-electron chi connectivity index (χ4n) is 1.69. The van der Waals surface area contributed by atoms with Crippen LogP contribution in [0.5, 0.6) is 0 Å². The summed E-state index contributed by atoms with van der Waals surface area (Å²) in [4.78, 5) is 8.48. The molecule has 0 saturated heterocycles. The van der Waals surface area contributed by atoms with Crippen molar-refractivity contribution in [1.29, 1.82) is 0 Å². The van der Waals surface area contributed by atoms with Crippen molar-refractivity contribution in [2.75, 3.05) is 17.2 Å². The van der Waals surface area contributed by atoms with E-state index in [1.807, 2.05) is 25.1 Å². The van der Waals surface area contributed by atoms with Gasteiger partial charge >= 0.3 is 0 Å². The summed E-state index contributed by atoms with van der Waals surface area (Å²) in [6, 6.07) is 5.74. The number of nitrogens with one attached hydrogen (secondary N) is 2. The Bertz CT molecular complexity index is 604. The fraction of sp³-hybridized carbons (Fsp3) is 0.286. The minimum Gasteiger partial charge on any atom is -0.369 e. The predicted octanol–water partition coefficient (Wildman–Crippen LogP) is 4.77. The molecule has 2 aromatic rings. The molecule has 6 heteroatoms. The maximum Gasteiger partial charge on any atom is 0.150 e. The SMILES string of the molecule is CCCNc1ncnc(Nc2cccc(Cl)c2C)c1Br. The minimum atomic E-state index is 0.712. The van der Waals surface area contributed by atoms with E-state index in [0.717, 1.165) is 39.5 Å². The molecule has 1 aromatic heterocycles. The first-order valence-electron chi connectivity index (χ1n) is 6.40. The summed E-state index contributed by atoms with van der Waals surface area (Å²) in [5, 5.41) is 7.25. The zero-order valence-electron chi connectivity index (χ0n) is 11.4. The largest absolute Gasteiger partial charge is 0.369 e. The van der Waals surface area contributed by atoms with Crippen LogP contribution in [-0.4, -0.2) is 16.5 Å². The molecule has 2 rings (SSSR count). The Morgan fingerprint density at radius 3 is 2.75 bits per heavy atom. The van der Waals surface area contributed by atoms with Crippen LogP contribution in [0.1, 0.15) is 18.9 Å². The summed E-state index contributed by atoms with van der Waals surface area (Å²) < 4.78 is 0.813. The summed E-state index contributed by atoms with van der Waals surface area (Å²) in [6.45, 7) is 4.94. The van der Waals surface area contributed by atoms with Gasteiger partial charge in [-0.3, -0.25) is 0 Å². The number of hydrogen-bond donors (Lipinski definition) is 2. The molecule has 20 heavy (non-hydrogen) atoms. The third-order valence-electron chi connectivity index (χ3n) is 2.85. The highest BCUT2D eigenvalue weighted by Gasteiger charge is 2.10. The third-order valence-corrected chi connectivity index (χ3v) is 4.01. The molecule has 0 spiro atoms. The number of nitrogens with zero attached hydrogens (tertiary/aromatic N) is 2. The average Bonchev–Trinajstić information content (AvgIpc) is 2.44. The van der Waals surface area contributed by atoms with Crippen molar-refractivity contribution in [2.24, 2.45) is 0 Å². The standard InChI is InChI=1S/C14H16BrClN4/c1-3-7-17-13-12(15)14(19-8-18-13)20-11-6-4-5-10(16)9(11)2/h4-6,8H,3,7H2,1-2H3,(H2,17,18,19,20). The number of rotatable bonds is 5. The van der Waals surface area contributed by atoms with Gasteiger partial charge in [0.2, 0.25) is 0 Å². The van der Waals surface area contributed by atoms with Gasteiger partial charge in [0.05, 0.1) is 0 Å². The molecule has 2 N–H and O–H groups in total. The van der Waals surface area contributed by atoms with Crippen LogP contribution in [0.15, 0.2) is 29.0 Å². The van der Waals surface area contributed by atoms with E-state index in [-0.39, 0.29) is 0 Å². The highest BCUT2D eigenvalue weighted by Crippen LogP contribution is 2.31. The number of halogens is 2. The van der Waals surface area contributed by atoms with Gasteiger partial charge in [0.15, 0.2) is 0 Å². The first-order valence-corrected chi connectivity index (χ1v) is 7.57. The molecule has 1 heterocycles. The van der Waals surface area contributed by atoms with Crippen LogP contribution in [0.2, 0.25) is 5.02 Å². The number of aromatic nitrogens is 2. The molecule has 0 amide bonds. The van der Waals surface area contributed by atoms with Crippen molar-refractivity contribution >= 4 is 44.9 Å². The lowest BCUT2D eigenvalue weighted by molar-refractivity contribution is 0.962. The van der Waals surface area contributed by atoms with Crippen molar-refractivity contribution in [1.82, 2.24) is 9.97 Å². The van der Waals surface area contributed by atoms with Crippen LogP contribution < -0.4 is 10.6 Å². The Morgan fingerprint density at radius 2 is 2.00 bits per heavy atom. The highest BCUT2D eigenvalue weighted by atomic mass is 79.9. The summed E-state index contributed by atoms with van der Waals surface area (Å²) in [5.74, 6) is 1.49. The Labute approximate surface area is 132 Å². The van der Waals surface area contributed by atoms with E-state index in [9.17, 15) is 0 Å². The normalized spacial score (nSPS) is 10.4. The van der Waals surface area contributed by atoms with E-state index in [4.69, 9.17) is 11.6 Å². The molecule has 0 unspecified atom stereocenters. The van der Waals surface area contributed by atoms with E-state index in [2.05, 4.69) is 43.5 Å². The second-order valence-electron chi connectivity index (χ2n) is 4.35. The van der Waals surface area contributed by atoms with Gasteiger partial charge in [-0.25, -0.2) is 9.97 Å². The molecule has 0 aliphatic heterocycles. The van der Waals surface area contributed by atoms with Crippen LogP contribution in [0.4, 0.5) is 17.3 Å². The lowest BCUT2D eigenvalue weighted by Crippen LogP contribution is -2.05. The van der Waals surface area contributed by atoms with Crippen LogP contribution in [0.25, 0.3) is 0 Å². The average molecular weight is 356 g/mol. The van der Waals surface area contributed by atoms with Crippen LogP contribution in [0.3, 0.4) is 0 Å². The predicted molar refractivity (Wildman–Crippen MR) is 88.0 cm³/mol. The summed E-state index contributed by atoms with van der Waals surface area (Å²) in [6.07, 6.45) is 2.57. The summed E-state index contributed by atoms with van der Waals surface area (Å²) in [7, 11) is 0. The van der Waals surface area contributed by atoms with Crippen LogP contribution in [-0.2, 0) is 0 Å². The van der Waals surface area contributed by atoms with Gasteiger partial charge in [-0.15, -0.1) is 0 Å². The molecule has 0 aliphatic carbocycles. The third kappa shape index (κ3) is 3.41. The van der Waals surface area contributed by atoms with Gasteiger partial charge in [0, 0.05) is 17.3 Å². The smallest absolute Gasteiger partial charge is 0.150 e. The van der Waals surface area contributed by atoms with Crippen molar-refractivity contribution < 1.29 is 0 Å². The molecular weight excluding hydrogens is 340 g/mol.